The van der Waals surface area contributed by atoms with E-state index in [0.29, 0.717) is 24.8 Å². The van der Waals surface area contributed by atoms with E-state index in [2.05, 4.69) is 41.1 Å². The van der Waals surface area contributed by atoms with E-state index in [1.165, 1.54) is 9.75 Å². The average molecular weight is 360 g/mol. The Bertz CT molecular complexity index is 752. The molecule has 134 valence electrons. The number of hydrogen-bond acceptors (Lipinski definition) is 6. The van der Waals surface area contributed by atoms with Crippen molar-refractivity contribution in [2.75, 3.05) is 26.7 Å². The molecule has 1 saturated heterocycles. The zero-order valence-corrected chi connectivity index (χ0v) is 15.6. The van der Waals surface area contributed by atoms with Gasteiger partial charge in [-0.2, -0.15) is 4.98 Å². The maximum Gasteiger partial charge on any atom is 0.245 e. The highest BCUT2D eigenvalue weighted by Gasteiger charge is 2.34. The van der Waals surface area contributed by atoms with Gasteiger partial charge in [0.25, 0.3) is 0 Å². The van der Waals surface area contributed by atoms with Crippen LogP contribution in [0.5, 0.6) is 0 Å². The number of piperazine rings is 1. The first-order chi connectivity index (χ1) is 12.1. The van der Waals surface area contributed by atoms with E-state index < -0.39 is 0 Å². The Kier molecular flexibility index (Phi) is 4.60. The van der Waals surface area contributed by atoms with Crippen molar-refractivity contribution in [1.29, 1.82) is 0 Å². The van der Waals surface area contributed by atoms with Gasteiger partial charge in [0, 0.05) is 41.7 Å². The van der Waals surface area contributed by atoms with Crippen LogP contribution in [0.1, 0.15) is 52.7 Å². The second-order valence-corrected chi connectivity index (χ2v) is 8.49. The van der Waals surface area contributed by atoms with Crippen LogP contribution in [0.3, 0.4) is 0 Å². The smallest absolute Gasteiger partial charge is 0.245 e. The molecule has 6 nitrogen and oxygen atoms in total. The summed E-state index contributed by atoms with van der Waals surface area (Å²) in [5.74, 6) is 2.18. The van der Waals surface area contributed by atoms with Gasteiger partial charge in [-0.25, -0.2) is 0 Å². The first-order valence-corrected chi connectivity index (χ1v) is 9.78. The lowest BCUT2D eigenvalue weighted by Gasteiger charge is -2.37. The number of aromatic nitrogens is 2. The summed E-state index contributed by atoms with van der Waals surface area (Å²) in [6, 6.07) is 4.24. The molecular formula is C18H24N4O2S. The molecular weight excluding hydrogens is 336 g/mol. The van der Waals surface area contributed by atoms with Crippen LogP contribution in [-0.4, -0.2) is 52.5 Å². The van der Waals surface area contributed by atoms with Crippen LogP contribution >= 0.6 is 11.3 Å². The molecule has 1 atom stereocenters. The summed E-state index contributed by atoms with van der Waals surface area (Å²) in [5, 5.41) is 4.12. The molecule has 4 rings (SSSR count). The van der Waals surface area contributed by atoms with Crippen LogP contribution < -0.4 is 0 Å². The van der Waals surface area contributed by atoms with Crippen molar-refractivity contribution in [2.24, 2.45) is 0 Å². The fourth-order valence-corrected chi connectivity index (χ4v) is 4.15. The Balaban J connectivity index is 1.37. The van der Waals surface area contributed by atoms with Gasteiger partial charge >= 0.3 is 0 Å². The minimum absolute atomic E-state index is 0.00156. The Morgan fingerprint density at radius 1 is 1.36 bits per heavy atom. The van der Waals surface area contributed by atoms with Crippen molar-refractivity contribution in [3.05, 3.63) is 33.6 Å². The molecule has 2 aliphatic rings. The van der Waals surface area contributed by atoms with E-state index in [4.69, 9.17) is 4.52 Å². The summed E-state index contributed by atoms with van der Waals surface area (Å²) in [4.78, 5) is 23.9. The lowest BCUT2D eigenvalue weighted by molar-refractivity contribution is -0.134. The van der Waals surface area contributed by atoms with E-state index >= 15 is 0 Å². The van der Waals surface area contributed by atoms with Crippen molar-refractivity contribution in [1.82, 2.24) is 19.9 Å². The monoisotopic (exact) mass is 360 g/mol. The summed E-state index contributed by atoms with van der Waals surface area (Å²) in [6.45, 7) is 4.32. The van der Waals surface area contributed by atoms with Crippen LogP contribution in [-0.2, 0) is 11.2 Å². The lowest BCUT2D eigenvalue weighted by atomic mass is 10.1. The molecule has 1 unspecified atom stereocenters. The topological polar surface area (TPSA) is 62.5 Å². The predicted molar refractivity (Wildman–Crippen MR) is 95.6 cm³/mol. The number of likely N-dealkylation sites (N-methyl/N-ethyl adjacent to an activating group) is 1. The molecule has 3 heterocycles. The maximum atomic E-state index is 12.6. The van der Waals surface area contributed by atoms with Gasteiger partial charge in [0.1, 0.15) is 6.04 Å². The van der Waals surface area contributed by atoms with Crippen molar-refractivity contribution < 1.29 is 9.32 Å². The van der Waals surface area contributed by atoms with E-state index in [0.717, 1.165) is 38.2 Å². The molecule has 0 radical (unpaired) electrons. The molecule has 25 heavy (non-hydrogen) atoms. The summed E-state index contributed by atoms with van der Waals surface area (Å²) in [5.41, 5.74) is 0. The highest BCUT2D eigenvalue weighted by molar-refractivity contribution is 7.11. The van der Waals surface area contributed by atoms with Crippen LogP contribution in [0.4, 0.5) is 0 Å². The van der Waals surface area contributed by atoms with Gasteiger partial charge in [-0.05, 0) is 45.4 Å². The summed E-state index contributed by atoms with van der Waals surface area (Å²) >= 11 is 1.77. The molecule has 0 spiro atoms. The lowest BCUT2D eigenvalue weighted by Crippen LogP contribution is -2.49. The van der Waals surface area contributed by atoms with Gasteiger partial charge in [0.2, 0.25) is 11.8 Å². The van der Waals surface area contributed by atoms with E-state index in [1.807, 2.05) is 4.90 Å². The van der Waals surface area contributed by atoms with Gasteiger partial charge < -0.3 is 9.42 Å². The third kappa shape index (κ3) is 3.77. The number of thiophene rings is 1. The maximum absolute atomic E-state index is 12.6. The molecule has 1 aliphatic carbocycles. The first-order valence-electron chi connectivity index (χ1n) is 8.97. The van der Waals surface area contributed by atoms with Crippen LogP contribution in [0.25, 0.3) is 0 Å². The molecule has 0 aromatic carbocycles. The van der Waals surface area contributed by atoms with E-state index in [9.17, 15) is 4.79 Å². The standard InChI is InChI=1S/C18H24N4O2S/c1-12-3-6-14(25-12)7-8-16(23)22-10-9-21(2)15(11-22)18-19-17(20-24-18)13-4-5-13/h3,6,13,15H,4-5,7-11H2,1-2H3. The predicted octanol–water partition coefficient (Wildman–Crippen LogP) is 2.76. The van der Waals surface area contributed by atoms with Crippen molar-refractivity contribution >= 4 is 17.2 Å². The number of aryl methyl sites for hydroxylation is 2. The molecule has 7 heteroatoms. The minimum atomic E-state index is 0.00156. The number of hydrogen-bond donors (Lipinski definition) is 0. The second kappa shape index (κ2) is 6.88. The average Bonchev–Trinajstić information content (AvgIpc) is 3.19. The number of carbonyl (C=O) groups is 1. The van der Waals surface area contributed by atoms with Gasteiger partial charge in [-0.15, -0.1) is 11.3 Å². The molecule has 0 N–H and O–H groups in total. The fourth-order valence-electron chi connectivity index (χ4n) is 3.26. The minimum Gasteiger partial charge on any atom is -0.339 e. The highest BCUT2D eigenvalue weighted by atomic mass is 32.1. The number of nitrogens with zero attached hydrogens (tertiary/aromatic N) is 4. The molecule has 2 aromatic rings. The quantitative estimate of drug-likeness (QED) is 0.820. The van der Waals surface area contributed by atoms with Gasteiger partial charge in [-0.3, -0.25) is 9.69 Å². The van der Waals surface area contributed by atoms with E-state index in [-0.39, 0.29) is 11.9 Å². The molecule has 0 bridgehead atoms. The van der Waals surface area contributed by atoms with Crippen LogP contribution in [0.15, 0.2) is 16.7 Å². The van der Waals surface area contributed by atoms with Crippen LogP contribution in [0, 0.1) is 6.92 Å². The largest absolute Gasteiger partial charge is 0.339 e. The molecule has 1 amide bonds. The fraction of sp³-hybridized carbons (Fsp3) is 0.611. The number of rotatable bonds is 5. The molecule has 1 aliphatic heterocycles. The third-order valence-electron chi connectivity index (χ3n) is 5.07. The first kappa shape index (κ1) is 16.7. The van der Waals surface area contributed by atoms with Crippen LogP contribution in [0.2, 0.25) is 0 Å². The summed E-state index contributed by atoms with van der Waals surface area (Å²) in [7, 11) is 2.06. The molecule has 2 aromatic heterocycles. The van der Waals surface area contributed by atoms with Crippen molar-refractivity contribution in [3.8, 4) is 0 Å². The number of carbonyl (C=O) groups excluding carboxylic acids is 1. The van der Waals surface area contributed by atoms with Gasteiger partial charge in [0.15, 0.2) is 5.82 Å². The van der Waals surface area contributed by atoms with E-state index in [1.54, 1.807) is 11.3 Å². The van der Waals surface area contributed by atoms with Crippen molar-refractivity contribution in [2.45, 2.75) is 44.6 Å². The van der Waals surface area contributed by atoms with Gasteiger partial charge in [0.05, 0.1) is 0 Å². The third-order valence-corrected chi connectivity index (χ3v) is 6.13. The Morgan fingerprint density at radius 2 is 2.20 bits per heavy atom. The molecule has 1 saturated carbocycles. The zero-order valence-electron chi connectivity index (χ0n) is 14.8. The summed E-state index contributed by atoms with van der Waals surface area (Å²) in [6.07, 6.45) is 3.70. The second-order valence-electron chi connectivity index (χ2n) is 7.11. The SMILES string of the molecule is Cc1ccc(CCC(=O)N2CCN(C)C(c3nc(C4CC4)no3)C2)s1. The summed E-state index contributed by atoms with van der Waals surface area (Å²) < 4.78 is 5.50. The Hall–Kier alpha value is -1.73. The van der Waals surface area contributed by atoms with Crippen molar-refractivity contribution in [3.63, 3.8) is 0 Å². The highest BCUT2D eigenvalue weighted by Crippen LogP contribution is 2.38. The van der Waals surface area contributed by atoms with Gasteiger partial charge in [-0.1, -0.05) is 5.16 Å². The normalized spacial score (nSPS) is 21.7. The zero-order chi connectivity index (χ0) is 17.4. The Morgan fingerprint density at radius 3 is 2.92 bits per heavy atom. The number of amides is 1. The Labute approximate surface area is 151 Å². The molecule has 2 fully saturated rings.